The number of carbonyl (C=O) groups is 1. The van der Waals surface area contributed by atoms with Crippen molar-refractivity contribution in [3.8, 4) is 17.2 Å². The monoisotopic (exact) mass is 374 g/mol. The van der Waals surface area contributed by atoms with Gasteiger partial charge in [0, 0.05) is 12.1 Å². The highest BCUT2D eigenvalue weighted by molar-refractivity contribution is 6.08. The van der Waals surface area contributed by atoms with Crippen molar-refractivity contribution in [2.75, 3.05) is 0 Å². The number of ketones is 1. The van der Waals surface area contributed by atoms with Crippen molar-refractivity contribution in [3.05, 3.63) is 102 Å². The van der Waals surface area contributed by atoms with Gasteiger partial charge in [0.1, 0.15) is 36.0 Å². The van der Waals surface area contributed by atoms with Crippen molar-refractivity contribution in [2.45, 2.75) is 20.1 Å². The number of aromatic hydroxyl groups is 1. The summed E-state index contributed by atoms with van der Waals surface area (Å²) in [6, 6.07) is 22.4. The van der Waals surface area contributed by atoms with Crippen LogP contribution < -0.4 is 9.47 Å². The van der Waals surface area contributed by atoms with Crippen LogP contribution in [-0.2, 0) is 13.2 Å². The predicted octanol–water partition coefficient (Wildman–Crippen LogP) is 5.31. The zero-order chi connectivity index (χ0) is 19.8. The van der Waals surface area contributed by atoms with Gasteiger partial charge < -0.3 is 14.6 Å². The Morgan fingerprint density at radius 1 is 0.893 bits per heavy atom. The molecule has 0 spiro atoms. The maximum atomic E-state index is 12.4. The summed E-state index contributed by atoms with van der Waals surface area (Å²) >= 11 is 0. The Hall–Kier alpha value is -3.53. The van der Waals surface area contributed by atoms with E-state index >= 15 is 0 Å². The van der Waals surface area contributed by atoms with Gasteiger partial charge in [0.2, 0.25) is 0 Å². The third-order valence-corrected chi connectivity index (χ3v) is 4.10. The minimum absolute atomic E-state index is 0.126. The van der Waals surface area contributed by atoms with Crippen LogP contribution in [0.2, 0.25) is 0 Å². The smallest absolute Gasteiger partial charge is 0.192 e. The second kappa shape index (κ2) is 9.42. The molecule has 0 saturated carbocycles. The number of hydrogen-bond donors (Lipinski definition) is 1. The fraction of sp³-hybridized carbons (Fsp3) is 0.125. The van der Waals surface area contributed by atoms with Gasteiger partial charge in [-0.05, 0) is 24.1 Å². The van der Waals surface area contributed by atoms with Crippen molar-refractivity contribution < 1.29 is 19.4 Å². The van der Waals surface area contributed by atoms with Gasteiger partial charge >= 0.3 is 0 Å². The van der Waals surface area contributed by atoms with E-state index in [1.54, 1.807) is 19.1 Å². The highest BCUT2D eigenvalue weighted by Crippen LogP contribution is 2.35. The first-order chi connectivity index (χ1) is 13.7. The number of allylic oxidation sites excluding steroid dienone is 2. The molecule has 0 saturated heterocycles. The summed E-state index contributed by atoms with van der Waals surface area (Å²) in [6.07, 6.45) is 3.03. The van der Waals surface area contributed by atoms with Gasteiger partial charge in [0.15, 0.2) is 5.78 Å². The lowest BCUT2D eigenvalue weighted by molar-refractivity contribution is 0.103. The Bertz CT molecular complexity index is 947. The molecule has 0 aliphatic carbocycles. The zero-order valence-electron chi connectivity index (χ0n) is 15.7. The van der Waals surface area contributed by atoms with E-state index in [9.17, 15) is 9.90 Å². The van der Waals surface area contributed by atoms with Gasteiger partial charge in [-0.3, -0.25) is 4.79 Å². The van der Waals surface area contributed by atoms with Crippen LogP contribution in [0.15, 0.2) is 84.9 Å². The third kappa shape index (κ3) is 5.01. The Morgan fingerprint density at radius 2 is 1.46 bits per heavy atom. The minimum atomic E-state index is -0.322. The number of rotatable bonds is 8. The molecule has 0 fully saturated rings. The Labute approximate surface area is 164 Å². The number of carbonyl (C=O) groups excluding carboxylic acids is 1. The first-order valence-corrected chi connectivity index (χ1v) is 9.05. The summed E-state index contributed by atoms with van der Waals surface area (Å²) < 4.78 is 11.7. The van der Waals surface area contributed by atoms with Gasteiger partial charge in [-0.2, -0.15) is 0 Å². The topological polar surface area (TPSA) is 55.8 Å². The third-order valence-electron chi connectivity index (χ3n) is 4.10. The Kier molecular flexibility index (Phi) is 6.47. The molecule has 0 amide bonds. The number of benzene rings is 3. The highest BCUT2D eigenvalue weighted by Gasteiger charge is 2.18. The zero-order valence-corrected chi connectivity index (χ0v) is 15.7. The minimum Gasteiger partial charge on any atom is -0.507 e. The van der Waals surface area contributed by atoms with E-state index in [1.165, 1.54) is 12.1 Å². The Morgan fingerprint density at radius 3 is 2.04 bits per heavy atom. The molecular weight excluding hydrogens is 352 g/mol. The fourth-order valence-corrected chi connectivity index (χ4v) is 2.73. The van der Waals surface area contributed by atoms with Crippen molar-refractivity contribution in [1.82, 2.24) is 0 Å². The summed E-state index contributed by atoms with van der Waals surface area (Å²) in [6.45, 7) is 2.37. The van der Waals surface area contributed by atoms with E-state index in [0.717, 1.165) is 11.1 Å². The molecule has 0 aliphatic heterocycles. The van der Waals surface area contributed by atoms with E-state index in [0.29, 0.717) is 12.4 Å². The number of phenols is 1. The molecule has 3 rings (SSSR count). The average Bonchev–Trinajstić information content (AvgIpc) is 2.72. The van der Waals surface area contributed by atoms with Gasteiger partial charge in [-0.1, -0.05) is 66.7 Å². The average molecular weight is 374 g/mol. The lowest BCUT2D eigenvalue weighted by Gasteiger charge is -2.14. The fourth-order valence-electron chi connectivity index (χ4n) is 2.73. The van der Waals surface area contributed by atoms with E-state index in [1.807, 2.05) is 60.7 Å². The molecule has 3 aromatic rings. The van der Waals surface area contributed by atoms with Crippen LogP contribution in [0.25, 0.3) is 0 Å². The number of ether oxygens (including phenoxy) is 2. The maximum absolute atomic E-state index is 12.4. The van der Waals surface area contributed by atoms with E-state index in [4.69, 9.17) is 9.47 Å². The lowest BCUT2D eigenvalue weighted by Crippen LogP contribution is -2.04. The van der Waals surface area contributed by atoms with Crippen LogP contribution in [0.5, 0.6) is 17.2 Å². The van der Waals surface area contributed by atoms with Crippen molar-refractivity contribution in [2.24, 2.45) is 0 Å². The molecule has 1 N–H and O–H groups in total. The molecule has 0 radical (unpaired) electrons. The first-order valence-electron chi connectivity index (χ1n) is 9.05. The predicted molar refractivity (Wildman–Crippen MR) is 109 cm³/mol. The van der Waals surface area contributed by atoms with Crippen LogP contribution in [0.4, 0.5) is 0 Å². The van der Waals surface area contributed by atoms with Crippen LogP contribution in [-0.4, -0.2) is 10.9 Å². The number of phenolic OH excluding ortho intramolecular Hbond substituents is 1. The SMILES string of the molecule is C/C=C/C(=O)c1c(O)cc(OCc2ccccc2)cc1OCc1ccccc1. The molecule has 3 aromatic carbocycles. The highest BCUT2D eigenvalue weighted by atomic mass is 16.5. The summed E-state index contributed by atoms with van der Waals surface area (Å²) in [5.41, 5.74) is 2.09. The van der Waals surface area contributed by atoms with E-state index in [2.05, 4.69) is 0 Å². The normalized spacial score (nSPS) is 10.8. The lowest BCUT2D eigenvalue weighted by atomic mass is 10.1. The molecule has 0 atom stereocenters. The quantitative estimate of drug-likeness (QED) is 0.429. The molecule has 142 valence electrons. The Balaban J connectivity index is 1.85. The molecule has 4 nitrogen and oxygen atoms in total. The second-order valence-corrected chi connectivity index (χ2v) is 6.23. The van der Waals surface area contributed by atoms with Gasteiger partial charge in [-0.25, -0.2) is 0 Å². The molecular formula is C24H22O4. The largest absolute Gasteiger partial charge is 0.507 e. The van der Waals surface area contributed by atoms with E-state index < -0.39 is 0 Å². The number of hydrogen-bond acceptors (Lipinski definition) is 4. The summed E-state index contributed by atoms with van der Waals surface area (Å²) in [5, 5.41) is 10.4. The summed E-state index contributed by atoms with van der Waals surface area (Å²) in [4.78, 5) is 12.4. The van der Waals surface area contributed by atoms with Crippen molar-refractivity contribution in [1.29, 1.82) is 0 Å². The summed E-state index contributed by atoms with van der Waals surface area (Å²) in [7, 11) is 0. The van der Waals surface area contributed by atoms with Crippen molar-refractivity contribution >= 4 is 5.78 Å². The van der Waals surface area contributed by atoms with Crippen molar-refractivity contribution in [3.63, 3.8) is 0 Å². The second-order valence-electron chi connectivity index (χ2n) is 6.23. The standard InChI is InChI=1S/C24H22O4/c1-2-9-21(25)24-22(26)14-20(27-16-18-10-5-3-6-11-18)15-23(24)28-17-19-12-7-4-8-13-19/h2-15,26H,16-17H2,1H3/b9-2+. The van der Waals surface area contributed by atoms with Crippen LogP contribution in [0, 0.1) is 0 Å². The molecule has 0 aliphatic rings. The summed E-state index contributed by atoms with van der Waals surface area (Å²) in [5.74, 6) is 0.228. The van der Waals surface area contributed by atoms with Gasteiger partial charge in [0.05, 0.1) is 0 Å². The first kappa shape index (κ1) is 19.2. The molecule has 28 heavy (non-hydrogen) atoms. The molecule has 0 bridgehead atoms. The maximum Gasteiger partial charge on any atom is 0.192 e. The van der Waals surface area contributed by atoms with Crippen LogP contribution in [0.3, 0.4) is 0 Å². The molecule has 4 heteroatoms. The van der Waals surface area contributed by atoms with Crippen LogP contribution in [0.1, 0.15) is 28.4 Å². The molecule has 0 heterocycles. The van der Waals surface area contributed by atoms with Gasteiger partial charge in [-0.15, -0.1) is 0 Å². The van der Waals surface area contributed by atoms with Crippen LogP contribution >= 0.6 is 0 Å². The molecule has 0 aromatic heterocycles. The molecule has 0 unspecified atom stereocenters. The van der Waals surface area contributed by atoms with E-state index in [-0.39, 0.29) is 29.5 Å². The van der Waals surface area contributed by atoms with Gasteiger partial charge in [0.25, 0.3) is 0 Å².